The third kappa shape index (κ3) is 2.24. The lowest BCUT2D eigenvalue weighted by Gasteiger charge is -2.32. The lowest BCUT2D eigenvalue weighted by molar-refractivity contribution is -0.130. The van der Waals surface area contributed by atoms with Crippen LogP contribution in [-0.4, -0.2) is 23.9 Å². The number of nitrogens with one attached hydrogen (secondary N) is 1. The molecule has 2 aliphatic rings. The minimum Gasteiger partial charge on any atom is -0.342 e. The van der Waals surface area contributed by atoms with Gasteiger partial charge in [0.15, 0.2) is 0 Å². The minimum atomic E-state index is -0.761. The maximum absolute atomic E-state index is 12.9. The van der Waals surface area contributed by atoms with E-state index in [0.29, 0.717) is 13.0 Å². The summed E-state index contributed by atoms with van der Waals surface area (Å²) < 4.78 is 0.876. The van der Waals surface area contributed by atoms with Crippen LogP contribution in [0.5, 0.6) is 0 Å². The van der Waals surface area contributed by atoms with Crippen molar-refractivity contribution in [1.29, 1.82) is 0 Å². The van der Waals surface area contributed by atoms with Gasteiger partial charge in [-0.15, -0.1) is 0 Å². The highest BCUT2D eigenvalue weighted by molar-refractivity contribution is 9.10. The van der Waals surface area contributed by atoms with E-state index < -0.39 is 5.54 Å². The smallest absolute Gasteiger partial charge is 0.252 e. The van der Waals surface area contributed by atoms with Crippen molar-refractivity contribution in [3.8, 4) is 0 Å². The number of hydrogen-bond donors (Lipinski definition) is 1. The molecule has 4 nitrogen and oxygen atoms in total. The molecule has 1 saturated heterocycles. The molecule has 3 rings (SSSR count). The molecule has 1 heterocycles. The van der Waals surface area contributed by atoms with Gasteiger partial charge in [0.05, 0.1) is 5.69 Å². The molecule has 1 saturated carbocycles. The molecule has 1 unspecified atom stereocenters. The number of nitrogens with zero attached hydrogens (tertiary/aromatic N) is 1. The van der Waals surface area contributed by atoms with Crippen molar-refractivity contribution in [3.05, 3.63) is 28.7 Å². The maximum Gasteiger partial charge on any atom is 0.252 e. The van der Waals surface area contributed by atoms with Crippen LogP contribution in [0, 0.1) is 5.92 Å². The van der Waals surface area contributed by atoms with E-state index in [2.05, 4.69) is 21.2 Å². The van der Waals surface area contributed by atoms with E-state index in [1.807, 2.05) is 31.2 Å². The first kappa shape index (κ1) is 13.6. The number of amides is 2. The number of benzene rings is 1. The molecule has 1 N–H and O–H groups in total. The third-order valence-electron chi connectivity index (χ3n) is 4.19. The Morgan fingerprint density at radius 1 is 1.30 bits per heavy atom. The monoisotopic (exact) mass is 336 g/mol. The van der Waals surface area contributed by atoms with Gasteiger partial charge in [0.1, 0.15) is 5.54 Å². The molecule has 1 atom stereocenters. The average Bonchev–Trinajstić information content (AvgIpc) is 3.24. The average molecular weight is 337 g/mol. The van der Waals surface area contributed by atoms with Gasteiger partial charge in [-0.05, 0) is 53.7 Å². The number of carbonyl (C=O) groups excluding carboxylic acids is 2. The molecule has 2 fully saturated rings. The highest BCUT2D eigenvalue weighted by atomic mass is 79.9. The van der Waals surface area contributed by atoms with Gasteiger partial charge in [-0.2, -0.15) is 0 Å². The Kier molecular flexibility index (Phi) is 3.32. The molecule has 2 amide bonds. The molecule has 1 aromatic rings. The van der Waals surface area contributed by atoms with Gasteiger partial charge >= 0.3 is 0 Å². The van der Waals surface area contributed by atoms with Crippen LogP contribution in [0.15, 0.2) is 28.7 Å². The van der Waals surface area contributed by atoms with Crippen molar-refractivity contribution >= 4 is 33.4 Å². The van der Waals surface area contributed by atoms with Crippen LogP contribution in [0.3, 0.4) is 0 Å². The molecule has 0 bridgehead atoms. The van der Waals surface area contributed by atoms with Crippen LogP contribution < -0.4 is 10.2 Å². The predicted molar refractivity (Wildman–Crippen MR) is 80.4 cm³/mol. The van der Waals surface area contributed by atoms with Gasteiger partial charge in [0.2, 0.25) is 5.91 Å². The molecule has 1 aromatic carbocycles. The Bertz CT molecular complexity index is 571. The predicted octanol–water partition coefficient (Wildman–Crippen LogP) is 2.47. The van der Waals surface area contributed by atoms with Gasteiger partial charge in [0, 0.05) is 17.4 Å². The van der Waals surface area contributed by atoms with Crippen molar-refractivity contribution in [1.82, 2.24) is 5.32 Å². The first-order valence-corrected chi connectivity index (χ1v) is 7.69. The van der Waals surface area contributed by atoms with E-state index in [9.17, 15) is 9.59 Å². The lowest BCUT2D eigenvalue weighted by atomic mass is 9.94. The Balaban J connectivity index is 2.00. The van der Waals surface area contributed by atoms with Crippen LogP contribution >= 0.6 is 15.9 Å². The van der Waals surface area contributed by atoms with Crippen LogP contribution in [0.25, 0.3) is 0 Å². The van der Waals surface area contributed by atoms with Crippen LogP contribution in [0.4, 0.5) is 5.69 Å². The van der Waals surface area contributed by atoms with Crippen LogP contribution in [-0.2, 0) is 9.59 Å². The summed E-state index contributed by atoms with van der Waals surface area (Å²) >= 11 is 3.49. The Morgan fingerprint density at radius 3 is 2.65 bits per heavy atom. The molecule has 0 radical (unpaired) electrons. The number of anilines is 1. The van der Waals surface area contributed by atoms with Crippen molar-refractivity contribution in [2.24, 2.45) is 5.92 Å². The van der Waals surface area contributed by atoms with E-state index in [-0.39, 0.29) is 17.7 Å². The van der Waals surface area contributed by atoms with Crippen LogP contribution in [0.2, 0.25) is 0 Å². The maximum atomic E-state index is 12.9. The molecule has 0 aromatic heterocycles. The quantitative estimate of drug-likeness (QED) is 0.901. The molecular formula is C15H17BrN2O2. The second kappa shape index (κ2) is 4.88. The summed E-state index contributed by atoms with van der Waals surface area (Å²) in [5.41, 5.74) is 0.0731. The SMILES string of the molecule is CC1(C2CC2)NC(=O)CCN(c2ccccc2Br)C1=O. The standard InChI is InChI=1S/C15H17BrN2O2/c1-15(10-6-7-10)14(20)18(9-8-13(19)17-15)12-5-3-2-4-11(12)16/h2-5,10H,6-9H2,1H3,(H,17,19). The number of halogens is 1. The van der Waals surface area contributed by atoms with Crippen molar-refractivity contribution < 1.29 is 9.59 Å². The fourth-order valence-corrected chi connectivity index (χ4v) is 3.34. The molecule has 106 valence electrons. The normalized spacial score (nSPS) is 27.2. The summed E-state index contributed by atoms with van der Waals surface area (Å²) in [5, 5.41) is 2.94. The number of carbonyl (C=O) groups is 2. The fraction of sp³-hybridized carbons (Fsp3) is 0.467. The molecule has 20 heavy (non-hydrogen) atoms. The molecule has 1 aliphatic heterocycles. The number of rotatable bonds is 2. The van der Waals surface area contributed by atoms with E-state index in [1.165, 1.54) is 0 Å². The molecule has 0 spiro atoms. The Labute approximate surface area is 126 Å². The topological polar surface area (TPSA) is 49.4 Å². The summed E-state index contributed by atoms with van der Waals surface area (Å²) in [7, 11) is 0. The van der Waals surface area contributed by atoms with E-state index in [0.717, 1.165) is 23.0 Å². The first-order chi connectivity index (χ1) is 9.52. The van der Waals surface area contributed by atoms with Crippen molar-refractivity contribution in [2.75, 3.05) is 11.4 Å². The first-order valence-electron chi connectivity index (χ1n) is 6.90. The molecular weight excluding hydrogens is 320 g/mol. The summed E-state index contributed by atoms with van der Waals surface area (Å²) in [5.74, 6) is 0.224. The van der Waals surface area contributed by atoms with Gasteiger partial charge in [-0.3, -0.25) is 9.59 Å². The second-order valence-corrected chi connectivity index (χ2v) is 6.54. The molecule has 1 aliphatic carbocycles. The number of hydrogen-bond acceptors (Lipinski definition) is 2. The highest BCUT2D eigenvalue weighted by Crippen LogP contribution is 2.42. The third-order valence-corrected chi connectivity index (χ3v) is 4.86. The zero-order valence-corrected chi connectivity index (χ0v) is 12.9. The Hall–Kier alpha value is -1.36. The Morgan fingerprint density at radius 2 is 2.00 bits per heavy atom. The van der Waals surface area contributed by atoms with Gasteiger partial charge in [-0.1, -0.05) is 12.1 Å². The lowest BCUT2D eigenvalue weighted by Crippen LogP contribution is -2.57. The molecule has 5 heteroatoms. The highest BCUT2D eigenvalue weighted by Gasteiger charge is 2.51. The summed E-state index contributed by atoms with van der Waals surface area (Å²) in [4.78, 5) is 26.6. The van der Waals surface area contributed by atoms with Gasteiger partial charge in [0.25, 0.3) is 5.91 Å². The van der Waals surface area contributed by atoms with Crippen molar-refractivity contribution in [3.63, 3.8) is 0 Å². The number of para-hydroxylation sites is 1. The minimum absolute atomic E-state index is 0.00208. The summed E-state index contributed by atoms with van der Waals surface area (Å²) in [6.45, 7) is 2.29. The van der Waals surface area contributed by atoms with Gasteiger partial charge in [-0.25, -0.2) is 0 Å². The van der Waals surface area contributed by atoms with E-state index >= 15 is 0 Å². The van der Waals surface area contributed by atoms with E-state index in [4.69, 9.17) is 0 Å². The van der Waals surface area contributed by atoms with Crippen molar-refractivity contribution in [2.45, 2.75) is 31.7 Å². The van der Waals surface area contributed by atoms with Gasteiger partial charge < -0.3 is 10.2 Å². The second-order valence-electron chi connectivity index (χ2n) is 5.68. The zero-order valence-electron chi connectivity index (χ0n) is 11.4. The largest absolute Gasteiger partial charge is 0.342 e. The summed E-state index contributed by atoms with van der Waals surface area (Å²) in [6, 6.07) is 7.64. The van der Waals surface area contributed by atoms with E-state index in [1.54, 1.807) is 4.90 Å². The fourth-order valence-electron chi connectivity index (χ4n) is 2.84. The summed E-state index contributed by atoms with van der Waals surface area (Å²) in [6.07, 6.45) is 2.36. The van der Waals surface area contributed by atoms with Crippen LogP contribution in [0.1, 0.15) is 26.2 Å². The zero-order chi connectivity index (χ0) is 14.3.